The molecule has 8 nitrogen and oxygen atoms in total. The highest BCUT2D eigenvalue weighted by Crippen LogP contribution is 2.42. The third-order valence-electron chi connectivity index (χ3n) is 5.57. The van der Waals surface area contributed by atoms with Crippen molar-refractivity contribution < 1.29 is 28.9 Å². The number of nitrogens with zero attached hydrogens (tertiary/aromatic N) is 2. The molecule has 2 aromatic rings. The molecule has 2 aromatic carbocycles. The van der Waals surface area contributed by atoms with Gasteiger partial charge in [0, 0.05) is 18.7 Å². The molecule has 1 aliphatic heterocycles. The van der Waals surface area contributed by atoms with Gasteiger partial charge in [-0.15, -0.1) is 0 Å². The van der Waals surface area contributed by atoms with Crippen molar-refractivity contribution in [1.82, 2.24) is 9.80 Å². The van der Waals surface area contributed by atoms with Gasteiger partial charge in [0.25, 0.3) is 11.7 Å². The molecule has 1 heterocycles. The molecule has 1 atom stereocenters. The Labute approximate surface area is 200 Å². The molecule has 8 heteroatoms. The summed E-state index contributed by atoms with van der Waals surface area (Å²) < 4.78 is 16.6. The highest BCUT2D eigenvalue weighted by Gasteiger charge is 2.46. The Morgan fingerprint density at radius 3 is 2.26 bits per heavy atom. The van der Waals surface area contributed by atoms with Crippen LogP contribution in [0, 0.1) is 0 Å². The molecular weight excluding hydrogens is 436 g/mol. The van der Waals surface area contributed by atoms with E-state index in [0.29, 0.717) is 54.7 Å². The Kier molecular flexibility index (Phi) is 8.17. The van der Waals surface area contributed by atoms with E-state index < -0.39 is 17.7 Å². The Hall–Kier alpha value is -3.52. The zero-order valence-electron chi connectivity index (χ0n) is 20.3. The normalized spacial score (nSPS) is 17.4. The highest BCUT2D eigenvalue weighted by molar-refractivity contribution is 6.46. The quantitative estimate of drug-likeness (QED) is 0.324. The van der Waals surface area contributed by atoms with E-state index in [1.807, 2.05) is 32.8 Å². The third kappa shape index (κ3) is 5.17. The molecule has 0 radical (unpaired) electrons. The minimum Gasteiger partial charge on any atom is -0.507 e. The lowest BCUT2D eigenvalue weighted by Crippen LogP contribution is -2.35. The second kappa shape index (κ2) is 11.1. The van der Waals surface area contributed by atoms with E-state index in [-0.39, 0.29) is 11.3 Å². The lowest BCUT2D eigenvalue weighted by atomic mass is 9.95. The number of aliphatic hydroxyl groups is 1. The number of rotatable bonds is 10. The summed E-state index contributed by atoms with van der Waals surface area (Å²) in [5, 5.41) is 11.2. The fraction of sp³-hybridized carbons (Fsp3) is 0.385. The summed E-state index contributed by atoms with van der Waals surface area (Å²) in [6, 6.07) is 11.3. The van der Waals surface area contributed by atoms with Crippen molar-refractivity contribution in [2.45, 2.75) is 19.9 Å². The van der Waals surface area contributed by atoms with E-state index in [1.165, 1.54) is 12.0 Å². The molecule has 0 spiro atoms. The van der Waals surface area contributed by atoms with E-state index in [4.69, 9.17) is 14.2 Å². The standard InChI is InChI=1S/C26H32N2O6/c1-6-33-19-11-8-17(9-12-19)24(29)22-23(28(15-14-27(3)4)26(31)25(22)30)18-10-13-20(34-7-2)21(16-18)32-5/h8-13,16,23,29H,6-7,14-15H2,1-5H3/b24-22-. The maximum absolute atomic E-state index is 13.1. The number of carbonyl (C=O) groups excluding carboxylic acids is 2. The summed E-state index contributed by atoms with van der Waals surface area (Å²) in [5.41, 5.74) is 1.11. The number of likely N-dealkylation sites (N-methyl/N-ethyl adjacent to an activating group) is 1. The van der Waals surface area contributed by atoms with Gasteiger partial charge < -0.3 is 29.1 Å². The van der Waals surface area contributed by atoms with Crippen LogP contribution in [-0.4, -0.2) is 74.1 Å². The summed E-state index contributed by atoms with van der Waals surface area (Å²) in [4.78, 5) is 29.6. The first-order chi connectivity index (χ1) is 16.3. The van der Waals surface area contributed by atoms with Crippen molar-refractivity contribution in [1.29, 1.82) is 0 Å². The van der Waals surface area contributed by atoms with Gasteiger partial charge in [0.2, 0.25) is 0 Å². The van der Waals surface area contributed by atoms with Gasteiger partial charge in [-0.3, -0.25) is 9.59 Å². The number of carbonyl (C=O) groups is 2. The predicted octanol–water partition coefficient (Wildman–Crippen LogP) is 3.48. The molecule has 1 unspecified atom stereocenters. The topological polar surface area (TPSA) is 88.5 Å². The van der Waals surface area contributed by atoms with Gasteiger partial charge in [0.05, 0.1) is 31.9 Å². The summed E-state index contributed by atoms with van der Waals surface area (Å²) in [5.74, 6) is 0.101. The maximum Gasteiger partial charge on any atom is 0.295 e. The van der Waals surface area contributed by atoms with Crippen molar-refractivity contribution >= 4 is 17.4 Å². The number of methoxy groups -OCH3 is 1. The summed E-state index contributed by atoms with van der Waals surface area (Å²) >= 11 is 0. The first-order valence-corrected chi connectivity index (χ1v) is 11.3. The Morgan fingerprint density at radius 1 is 1.00 bits per heavy atom. The fourth-order valence-corrected chi connectivity index (χ4v) is 3.93. The molecule has 1 N–H and O–H groups in total. The number of hydrogen-bond donors (Lipinski definition) is 1. The van der Waals surface area contributed by atoms with Crippen LogP contribution in [0.25, 0.3) is 5.76 Å². The van der Waals surface area contributed by atoms with Crippen LogP contribution in [0.2, 0.25) is 0 Å². The second-order valence-corrected chi connectivity index (χ2v) is 8.10. The van der Waals surface area contributed by atoms with Crippen LogP contribution >= 0.6 is 0 Å². The van der Waals surface area contributed by atoms with Crippen LogP contribution in [0.5, 0.6) is 17.2 Å². The number of ketones is 1. The first-order valence-electron chi connectivity index (χ1n) is 11.3. The number of likely N-dealkylation sites (tertiary alicyclic amines) is 1. The number of benzene rings is 2. The van der Waals surface area contributed by atoms with Gasteiger partial charge in [-0.1, -0.05) is 6.07 Å². The average Bonchev–Trinajstić information content (AvgIpc) is 3.08. The second-order valence-electron chi connectivity index (χ2n) is 8.10. The van der Waals surface area contributed by atoms with E-state index in [2.05, 4.69) is 0 Å². The van der Waals surface area contributed by atoms with Crippen LogP contribution < -0.4 is 14.2 Å². The Bertz CT molecular complexity index is 1060. The van der Waals surface area contributed by atoms with Crippen LogP contribution in [0.4, 0.5) is 0 Å². The minimum absolute atomic E-state index is 0.0409. The molecule has 0 saturated carbocycles. The average molecular weight is 469 g/mol. The van der Waals surface area contributed by atoms with Crippen molar-refractivity contribution in [2.24, 2.45) is 0 Å². The monoisotopic (exact) mass is 468 g/mol. The van der Waals surface area contributed by atoms with Crippen molar-refractivity contribution in [3.8, 4) is 17.2 Å². The molecule has 0 aromatic heterocycles. The Morgan fingerprint density at radius 2 is 1.68 bits per heavy atom. The lowest BCUT2D eigenvalue weighted by molar-refractivity contribution is -0.140. The number of ether oxygens (including phenoxy) is 3. The van der Waals surface area contributed by atoms with E-state index >= 15 is 0 Å². The zero-order chi connectivity index (χ0) is 24.8. The lowest BCUT2D eigenvalue weighted by Gasteiger charge is -2.27. The summed E-state index contributed by atoms with van der Waals surface area (Å²) in [7, 11) is 5.32. The number of Topliss-reactive ketones (excluding diaryl/α,β-unsaturated/α-hetero) is 1. The molecule has 0 aliphatic carbocycles. The van der Waals surface area contributed by atoms with Gasteiger partial charge in [0.1, 0.15) is 11.5 Å². The summed E-state index contributed by atoms with van der Waals surface area (Å²) in [6.45, 7) is 5.61. The van der Waals surface area contributed by atoms with Gasteiger partial charge in [-0.05, 0) is 69.9 Å². The molecule has 182 valence electrons. The highest BCUT2D eigenvalue weighted by atomic mass is 16.5. The number of hydrogen-bond acceptors (Lipinski definition) is 7. The SMILES string of the molecule is CCOc1ccc(/C(O)=C2/C(=O)C(=O)N(CCN(C)C)C2c2ccc(OCC)c(OC)c2)cc1. The van der Waals surface area contributed by atoms with Gasteiger partial charge in [0.15, 0.2) is 11.5 Å². The van der Waals surface area contributed by atoms with E-state index in [1.54, 1.807) is 42.5 Å². The number of aliphatic hydroxyl groups excluding tert-OH is 1. The third-order valence-corrected chi connectivity index (χ3v) is 5.57. The molecule has 1 saturated heterocycles. The van der Waals surface area contributed by atoms with Crippen molar-refractivity contribution in [3.63, 3.8) is 0 Å². The van der Waals surface area contributed by atoms with Crippen LogP contribution in [0.1, 0.15) is 31.0 Å². The van der Waals surface area contributed by atoms with Crippen molar-refractivity contribution in [2.75, 3.05) is 47.5 Å². The molecule has 1 aliphatic rings. The van der Waals surface area contributed by atoms with Gasteiger partial charge in [-0.25, -0.2) is 0 Å². The maximum atomic E-state index is 13.1. The van der Waals surface area contributed by atoms with Crippen LogP contribution in [0.15, 0.2) is 48.0 Å². The first kappa shape index (κ1) is 25.1. The smallest absolute Gasteiger partial charge is 0.295 e. The molecule has 1 amide bonds. The van der Waals surface area contributed by atoms with Gasteiger partial charge in [-0.2, -0.15) is 0 Å². The van der Waals surface area contributed by atoms with Crippen LogP contribution in [0.3, 0.4) is 0 Å². The van der Waals surface area contributed by atoms with Gasteiger partial charge >= 0.3 is 0 Å². The van der Waals surface area contributed by atoms with E-state index in [0.717, 1.165) is 0 Å². The largest absolute Gasteiger partial charge is 0.507 e. The molecule has 1 fully saturated rings. The Balaban J connectivity index is 2.13. The predicted molar refractivity (Wildman–Crippen MR) is 129 cm³/mol. The minimum atomic E-state index is -0.768. The number of amides is 1. The fourth-order valence-electron chi connectivity index (χ4n) is 3.93. The zero-order valence-corrected chi connectivity index (χ0v) is 20.3. The molecule has 3 rings (SSSR count). The molecule has 34 heavy (non-hydrogen) atoms. The van der Waals surface area contributed by atoms with E-state index in [9.17, 15) is 14.7 Å². The van der Waals surface area contributed by atoms with Crippen LogP contribution in [-0.2, 0) is 9.59 Å². The summed E-state index contributed by atoms with van der Waals surface area (Å²) in [6.07, 6.45) is 0. The van der Waals surface area contributed by atoms with Crippen molar-refractivity contribution in [3.05, 3.63) is 59.2 Å². The molecule has 0 bridgehead atoms. The molecular formula is C26H32N2O6.